The van der Waals surface area contributed by atoms with Gasteiger partial charge in [-0.1, -0.05) is 35.6 Å². The molecule has 0 fully saturated rings. The minimum atomic E-state index is -0.490. The smallest absolute Gasteiger partial charge is 0.272 e. The van der Waals surface area contributed by atoms with Crippen LogP contribution in [0.4, 0.5) is 10.8 Å². The second-order valence-electron chi connectivity index (χ2n) is 9.47. The quantitative estimate of drug-likeness (QED) is 0.112. The number of benzene rings is 3. The van der Waals surface area contributed by atoms with Gasteiger partial charge in [-0.15, -0.1) is 11.8 Å². The molecule has 44 heavy (non-hydrogen) atoms. The molecule has 3 aromatic carbocycles. The van der Waals surface area contributed by atoms with Crippen LogP contribution in [-0.4, -0.2) is 39.5 Å². The Labute approximate surface area is 262 Å². The molecule has 0 radical (unpaired) electrons. The molecule has 0 aliphatic rings. The minimum absolute atomic E-state index is 0.0690. The van der Waals surface area contributed by atoms with Crippen LogP contribution in [0.5, 0.6) is 5.75 Å². The molecule has 222 valence electrons. The van der Waals surface area contributed by atoms with E-state index in [1.54, 1.807) is 67.0 Å². The monoisotopic (exact) mass is 623 g/mol. The van der Waals surface area contributed by atoms with Gasteiger partial charge in [-0.05, 0) is 86.2 Å². The molecular weight excluding hydrogens is 595 g/mol. The zero-order valence-electron chi connectivity index (χ0n) is 23.9. The van der Waals surface area contributed by atoms with Crippen LogP contribution in [0.3, 0.4) is 0 Å². The van der Waals surface area contributed by atoms with Crippen molar-refractivity contribution in [3.63, 3.8) is 0 Å². The summed E-state index contributed by atoms with van der Waals surface area (Å²) in [5, 5.41) is 8.58. The Hall–Kier alpha value is -5.00. The molecule has 0 saturated carbocycles. The average molecular weight is 624 g/mol. The first kappa shape index (κ1) is 30.5. The van der Waals surface area contributed by atoms with E-state index in [4.69, 9.17) is 4.74 Å². The molecule has 11 heteroatoms. The van der Waals surface area contributed by atoms with Crippen molar-refractivity contribution in [2.45, 2.75) is 24.0 Å². The summed E-state index contributed by atoms with van der Waals surface area (Å²) in [5.41, 5.74) is 2.48. The van der Waals surface area contributed by atoms with E-state index in [0.29, 0.717) is 28.6 Å². The molecule has 0 aliphatic carbocycles. The average Bonchev–Trinajstić information content (AvgIpc) is 3.44. The van der Waals surface area contributed by atoms with Crippen molar-refractivity contribution in [2.24, 2.45) is 0 Å². The summed E-state index contributed by atoms with van der Waals surface area (Å²) in [6.07, 6.45) is 4.79. The zero-order chi connectivity index (χ0) is 30.9. The molecule has 3 N–H and O–H groups in total. The van der Waals surface area contributed by atoms with Crippen molar-refractivity contribution < 1.29 is 19.1 Å². The molecule has 5 rings (SSSR count). The number of nitrogens with zero attached hydrogens (tertiary/aromatic N) is 2. The zero-order valence-corrected chi connectivity index (χ0v) is 25.6. The molecule has 3 amide bonds. The maximum Gasteiger partial charge on any atom is 0.272 e. The maximum absolute atomic E-state index is 13.2. The number of nitrogens with one attached hydrogen (secondary N) is 3. The molecule has 2 heterocycles. The summed E-state index contributed by atoms with van der Waals surface area (Å²) >= 11 is 2.78. The number of rotatable bonds is 11. The number of fused-ring (bicyclic) bond motifs is 1. The van der Waals surface area contributed by atoms with Crippen LogP contribution in [0.1, 0.15) is 29.8 Å². The summed E-state index contributed by atoms with van der Waals surface area (Å²) in [6, 6.07) is 25.0. The van der Waals surface area contributed by atoms with E-state index >= 15 is 0 Å². The lowest BCUT2D eigenvalue weighted by molar-refractivity contribution is -0.115. The molecule has 0 bridgehead atoms. The Morgan fingerprint density at radius 1 is 0.977 bits per heavy atom. The highest BCUT2D eigenvalue weighted by molar-refractivity contribution is 8.00. The van der Waals surface area contributed by atoms with E-state index in [9.17, 15) is 14.4 Å². The molecule has 1 unspecified atom stereocenters. The Bertz CT molecular complexity index is 1790. The maximum atomic E-state index is 13.2. The van der Waals surface area contributed by atoms with Crippen LogP contribution in [0.2, 0.25) is 0 Å². The topological polar surface area (TPSA) is 122 Å². The fourth-order valence-electron chi connectivity index (χ4n) is 4.07. The fraction of sp³-hybridized carbons (Fsp3) is 0.121. The molecule has 2 aromatic heterocycles. The minimum Gasteiger partial charge on any atom is -0.494 e. The van der Waals surface area contributed by atoms with Gasteiger partial charge in [0, 0.05) is 28.5 Å². The predicted octanol–water partition coefficient (Wildman–Crippen LogP) is 6.62. The Kier molecular flexibility index (Phi) is 10.0. The largest absolute Gasteiger partial charge is 0.494 e. The lowest BCUT2D eigenvalue weighted by Crippen LogP contribution is -2.30. The van der Waals surface area contributed by atoms with E-state index in [1.165, 1.54) is 23.1 Å². The predicted molar refractivity (Wildman–Crippen MR) is 176 cm³/mol. The molecule has 1 atom stereocenters. The third kappa shape index (κ3) is 8.09. The number of carbonyl (C=O) groups excluding carboxylic acids is 3. The number of aromatic nitrogens is 2. The van der Waals surface area contributed by atoms with Gasteiger partial charge in [-0.3, -0.25) is 19.4 Å². The van der Waals surface area contributed by atoms with E-state index in [2.05, 4.69) is 25.9 Å². The van der Waals surface area contributed by atoms with Crippen molar-refractivity contribution in [1.82, 2.24) is 15.3 Å². The van der Waals surface area contributed by atoms with Crippen LogP contribution in [0.25, 0.3) is 16.3 Å². The Balaban J connectivity index is 1.21. The number of pyridine rings is 1. The first-order valence-corrected chi connectivity index (χ1v) is 15.5. The second kappa shape index (κ2) is 14.5. The summed E-state index contributed by atoms with van der Waals surface area (Å²) in [6.45, 7) is 4.33. The number of thioether (sulfide) groups is 1. The summed E-state index contributed by atoms with van der Waals surface area (Å²) in [7, 11) is 0. The number of hydrogen-bond acceptors (Lipinski definition) is 8. The normalized spacial score (nSPS) is 11.9. The van der Waals surface area contributed by atoms with Gasteiger partial charge in [0.25, 0.3) is 11.8 Å². The first-order valence-electron chi connectivity index (χ1n) is 13.8. The van der Waals surface area contributed by atoms with Gasteiger partial charge < -0.3 is 20.7 Å². The summed E-state index contributed by atoms with van der Waals surface area (Å²) in [4.78, 5) is 48.4. The highest BCUT2D eigenvalue weighted by Gasteiger charge is 2.18. The number of carbonyl (C=O) groups is 3. The van der Waals surface area contributed by atoms with Crippen LogP contribution >= 0.6 is 23.1 Å². The van der Waals surface area contributed by atoms with Gasteiger partial charge in [0.15, 0.2) is 5.13 Å². The van der Waals surface area contributed by atoms with Crippen LogP contribution in [-0.2, 0) is 9.59 Å². The van der Waals surface area contributed by atoms with Gasteiger partial charge in [-0.25, -0.2) is 4.98 Å². The van der Waals surface area contributed by atoms with Gasteiger partial charge >= 0.3 is 0 Å². The molecule has 0 spiro atoms. The highest BCUT2D eigenvalue weighted by atomic mass is 32.2. The van der Waals surface area contributed by atoms with Crippen molar-refractivity contribution in [3.05, 3.63) is 114 Å². The van der Waals surface area contributed by atoms with Crippen LogP contribution in [0, 0.1) is 0 Å². The van der Waals surface area contributed by atoms with Gasteiger partial charge in [-0.2, -0.15) is 0 Å². The standard InChI is InChI=1S/C33H29N5O4S2/c1-3-42-25-13-16-27-29(19-25)44-33(37-27)38-30(39)21(2)43-26-14-11-24(12-15-26)35-32(41)28(18-22-8-7-17-34-20-22)36-31(40)23-9-5-4-6-10-23/h4-21H,3H2,1-2H3,(H,35,41)(H,36,40)(H,37,38,39)/b28-18-. The molecule has 0 saturated heterocycles. The van der Waals surface area contributed by atoms with Crippen molar-refractivity contribution in [2.75, 3.05) is 17.2 Å². The van der Waals surface area contributed by atoms with Crippen LogP contribution in [0.15, 0.2) is 108 Å². The Morgan fingerprint density at radius 2 is 1.77 bits per heavy atom. The molecule has 9 nitrogen and oxygen atoms in total. The number of amides is 3. The highest BCUT2D eigenvalue weighted by Crippen LogP contribution is 2.31. The van der Waals surface area contributed by atoms with Crippen molar-refractivity contribution >= 4 is 67.9 Å². The molecular formula is C33H29N5O4S2. The van der Waals surface area contributed by atoms with E-state index in [1.807, 2.05) is 50.2 Å². The second-order valence-corrected chi connectivity index (χ2v) is 11.9. The summed E-state index contributed by atoms with van der Waals surface area (Å²) < 4.78 is 6.48. The van der Waals surface area contributed by atoms with Gasteiger partial charge in [0.1, 0.15) is 11.4 Å². The van der Waals surface area contributed by atoms with E-state index < -0.39 is 17.1 Å². The van der Waals surface area contributed by atoms with Gasteiger partial charge in [0.2, 0.25) is 5.91 Å². The van der Waals surface area contributed by atoms with Crippen molar-refractivity contribution in [3.8, 4) is 5.75 Å². The molecule has 5 aromatic rings. The molecule has 0 aliphatic heterocycles. The fourth-order valence-corrected chi connectivity index (χ4v) is 5.83. The first-order chi connectivity index (χ1) is 21.4. The lowest BCUT2D eigenvalue weighted by atomic mass is 10.2. The number of ether oxygens (including phenoxy) is 1. The van der Waals surface area contributed by atoms with Crippen LogP contribution < -0.4 is 20.7 Å². The number of thiazole rings is 1. The third-order valence-corrected chi connectivity index (χ3v) is 8.27. The third-order valence-electron chi connectivity index (χ3n) is 6.22. The SMILES string of the molecule is CCOc1ccc2nc(NC(=O)C(C)Sc3ccc(NC(=O)/C(=C/c4cccnc4)NC(=O)c4ccccc4)cc3)sc2c1. The van der Waals surface area contributed by atoms with Gasteiger partial charge in [0.05, 0.1) is 22.1 Å². The van der Waals surface area contributed by atoms with E-state index in [0.717, 1.165) is 20.9 Å². The number of hydrogen-bond donors (Lipinski definition) is 3. The van der Waals surface area contributed by atoms with E-state index in [-0.39, 0.29) is 11.6 Å². The summed E-state index contributed by atoms with van der Waals surface area (Å²) in [5.74, 6) is -0.301. The Morgan fingerprint density at radius 3 is 2.50 bits per heavy atom. The lowest BCUT2D eigenvalue weighted by Gasteiger charge is -2.13. The number of anilines is 2. The van der Waals surface area contributed by atoms with Crippen molar-refractivity contribution in [1.29, 1.82) is 0 Å².